The number of halogens is 1. The van der Waals surface area contributed by atoms with Crippen molar-refractivity contribution in [2.75, 3.05) is 0 Å². The van der Waals surface area contributed by atoms with Gasteiger partial charge in [-0.05, 0) is 43.0 Å². The van der Waals surface area contributed by atoms with Crippen molar-refractivity contribution in [2.45, 2.75) is 46.2 Å². The van der Waals surface area contributed by atoms with Gasteiger partial charge < -0.3 is 10.3 Å². The van der Waals surface area contributed by atoms with Crippen LogP contribution in [0.1, 0.15) is 36.0 Å². The van der Waals surface area contributed by atoms with Gasteiger partial charge in [0.15, 0.2) is 0 Å². The molecule has 1 aliphatic heterocycles. The van der Waals surface area contributed by atoms with Crippen molar-refractivity contribution in [1.29, 1.82) is 0 Å². The molecule has 148 valence electrons. The van der Waals surface area contributed by atoms with Gasteiger partial charge in [-0.1, -0.05) is 6.92 Å². The van der Waals surface area contributed by atoms with Gasteiger partial charge in [0.25, 0.3) is 0 Å². The fourth-order valence-electron chi connectivity index (χ4n) is 4.09. The molecule has 1 atom stereocenters. The summed E-state index contributed by atoms with van der Waals surface area (Å²) in [5, 5.41) is 7.97. The first-order valence-electron chi connectivity index (χ1n) is 9.59. The Hall–Kier alpha value is -2.90. The molecule has 0 saturated heterocycles. The van der Waals surface area contributed by atoms with E-state index in [2.05, 4.69) is 15.4 Å². The molecule has 2 aromatic heterocycles. The van der Waals surface area contributed by atoms with Crippen LogP contribution in [0.4, 0.5) is 4.39 Å². The molecule has 1 aromatic carbocycles. The van der Waals surface area contributed by atoms with Gasteiger partial charge in [-0.3, -0.25) is 9.36 Å². The van der Waals surface area contributed by atoms with Crippen molar-refractivity contribution in [2.24, 2.45) is 13.0 Å². The van der Waals surface area contributed by atoms with Crippen LogP contribution in [0.5, 0.6) is 0 Å². The van der Waals surface area contributed by atoms with E-state index >= 15 is 0 Å². The van der Waals surface area contributed by atoms with E-state index in [1.54, 1.807) is 11.6 Å². The summed E-state index contributed by atoms with van der Waals surface area (Å²) in [6, 6.07) is 2.99. The summed E-state index contributed by atoms with van der Waals surface area (Å²) in [5.41, 5.74) is 3.50. The van der Waals surface area contributed by atoms with E-state index < -0.39 is 0 Å². The standard InChI is InChI=1S/C20H24FN5O2/c1-4-16-11(2)15-8-14(21)7-13(18(15)23-16)9-22-19(27)12-5-6-17-24-25(3)20(28)26(17)10-12/h7-8,12,23H,4-6,9-10H2,1-3H3,(H,22,27)/t12-/m1/s1. The highest BCUT2D eigenvalue weighted by molar-refractivity contribution is 5.88. The molecule has 0 unspecified atom stereocenters. The first kappa shape index (κ1) is 18.5. The highest BCUT2D eigenvalue weighted by atomic mass is 19.1. The lowest BCUT2D eigenvalue weighted by Gasteiger charge is -2.21. The second kappa shape index (κ2) is 6.92. The number of benzene rings is 1. The summed E-state index contributed by atoms with van der Waals surface area (Å²) in [4.78, 5) is 28.1. The van der Waals surface area contributed by atoms with Crippen LogP contribution in [0.2, 0.25) is 0 Å². The monoisotopic (exact) mass is 385 g/mol. The van der Waals surface area contributed by atoms with Crippen molar-refractivity contribution >= 4 is 16.8 Å². The number of hydrogen-bond acceptors (Lipinski definition) is 3. The Morgan fingerprint density at radius 2 is 2.21 bits per heavy atom. The number of aryl methyl sites for hydroxylation is 4. The maximum Gasteiger partial charge on any atom is 0.345 e. The molecule has 28 heavy (non-hydrogen) atoms. The topological polar surface area (TPSA) is 84.7 Å². The summed E-state index contributed by atoms with van der Waals surface area (Å²) in [5.74, 6) is -0.0177. The SMILES string of the molecule is CCc1[nH]c2c(CNC(=O)[C@@H]3CCc4nn(C)c(=O)n4C3)cc(F)cc2c1C. The maximum atomic E-state index is 14.1. The minimum absolute atomic E-state index is 0.127. The van der Waals surface area contributed by atoms with Crippen molar-refractivity contribution in [3.8, 4) is 0 Å². The Morgan fingerprint density at radius 1 is 1.43 bits per heavy atom. The van der Waals surface area contributed by atoms with Gasteiger partial charge in [-0.25, -0.2) is 13.9 Å². The lowest BCUT2D eigenvalue weighted by atomic mass is 9.98. The Labute approximate surface area is 161 Å². The van der Waals surface area contributed by atoms with Crippen LogP contribution in [0, 0.1) is 18.7 Å². The first-order chi connectivity index (χ1) is 13.4. The van der Waals surface area contributed by atoms with Gasteiger partial charge in [-0.2, -0.15) is 5.10 Å². The normalized spacial score (nSPS) is 16.4. The molecule has 0 spiro atoms. The molecule has 0 bridgehead atoms. The molecular formula is C20H24FN5O2. The van der Waals surface area contributed by atoms with E-state index in [9.17, 15) is 14.0 Å². The molecule has 0 radical (unpaired) electrons. The van der Waals surface area contributed by atoms with Crippen molar-refractivity contribution < 1.29 is 9.18 Å². The molecule has 1 aliphatic rings. The number of amides is 1. The summed E-state index contributed by atoms with van der Waals surface area (Å²) in [7, 11) is 1.61. The van der Waals surface area contributed by atoms with Crippen LogP contribution in [-0.2, 0) is 37.8 Å². The van der Waals surface area contributed by atoms with Crippen LogP contribution in [0.15, 0.2) is 16.9 Å². The number of carbonyl (C=O) groups is 1. The van der Waals surface area contributed by atoms with E-state index in [-0.39, 0.29) is 29.9 Å². The number of aromatic nitrogens is 4. The van der Waals surface area contributed by atoms with Crippen molar-refractivity contribution in [3.05, 3.63) is 51.1 Å². The third kappa shape index (κ3) is 3.02. The van der Waals surface area contributed by atoms with E-state index in [4.69, 9.17) is 0 Å². The molecule has 1 amide bonds. The predicted molar refractivity (Wildman–Crippen MR) is 103 cm³/mol. The van der Waals surface area contributed by atoms with Gasteiger partial charge in [0.1, 0.15) is 11.6 Å². The predicted octanol–water partition coefficient (Wildman–Crippen LogP) is 1.95. The number of carbonyl (C=O) groups excluding carboxylic acids is 1. The minimum Gasteiger partial charge on any atom is -0.358 e. The van der Waals surface area contributed by atoms with E-state index in [0.717, 1.165) is 40.0 Å². The van der Waals surface area contributed by atoms with E-state index in [1.165, 1.54) is 16.8 Å². The van der Waals surface area contributed by atoms with Gasteiger partial charge >= 0.3 is 5.69 Å². The number of hydrogen-bond donors (Lipinski definition) is 2. The summed E-state index contributed by atoms with van der Waals surface area (Å²) in [6.07, 6.45) is 2.06. The first-order valence-corrected chi connectivity index (χ1v) is 9.59. The van der Waals surface area contributed by atoms with E-state index in [0.29, 0.717) is 19.4 Å². The molecule has 2 N–H and O–H groups in total. The molecule has 3 aromatic rings. The average Bonchev–Trinajstić information content (AvgIpc) is 3.15. The fourth-order valence-corrected chi connectivity index (χ4v) is 4.09. The molecule has 4 rings (SSSR count). The highest BCUT2D eigenvalue weighted by Gasteiger charge is 2.27. The molecule has 3 heterocycles. The third-order valence-corrected chi connectivity index (χ3v) is 5.70. The summed E-state index contributed by atoms with van der Waals surface area (Å²) < 4.78 is 17.0. The Balaban J connectivity index is 1.53. The molecular weight excluding hydrogens is 361 g/mol. The van der Waals surface area contributed by atoms with Crippen LogP contribution < -0.4 is 11.0 Å². The van der Waals surface area contributed by atoms with E-state index in [1.807, 2.05) is 13.8 Å². The van der Waals surface area contributed by atoms with Gasteiger partial charge in [0.2, 0.25) is 5.91 Å². The Kier molecular flexibility index (Phi) is 4.56. The lowest BCUT2D eigenvalue weighted by molar-refractivity contribution is -0.126. The largest absolute Gasteiger partial charge is 0.358 e. The zero-order chi connectivity index (χ0) is 20.0. The Morgan fingerprint density at radius 3 is 2.96 bits per heavy atom. The van der Waals surface area contributed by atoms with Gasteiger partial charge in [0, 0.05) is 37.6 Å². The number of nitrogens with zero attached hydrogens (tertiary/aromatic N) is 3. The molecule has 0 saturated carbocycles. The third-order valence-electron chi connectivity index (χ3n) is 5.70. The lowest BCUT2D eigenvalue weighted by Crippen LogP contribution is -2.38. The number of aromatic amines is 1. The van der Waals surface area contributed by atoms with Gasteiger partial charge in [-0.15, -0.1) is 0 Å². The second-order valence-corrected chi connectivity index (χ2v) is 7.46. The number of H-pyrrole nitrogens is 1. The van der Waals surface area contributed by atoms with Crippen LogP contribution in [0.25, 0.3) is 10.9 Å². The van der Waals surface area contributed by atoms with Crippen LogP contribution in [0.3, 0.4) is 0 Å². The van der Waals surface area contributed by atoms with Crippen molar-refractivity contribution in [3.63, 3.8) is 0 Å². The minimum atomic E-state index is -0.314. The highest BCUT2D eigenvalue weighted by Crippen LogP contribution is 2.26. The molecule has 0 fully saturated rings. The summed E-state index contributed by atoms with van der Waals surface area (Å²) in [6.45, 7) is 4.59. The zero-order valence-electron chi connectivity index (χ0n) is 16.3. The second-order valence-electron chi connectivity index (χ2n) is 7.46. The molecule has 7 nitrogen and oxygen atoms in total. The number of fused-ring (bicyclic) bond motifs is 2. The molecule has 8 heteroatoms. The smallest absolute Gasteiger partial charge is 0.345 e. The van der Waals surface area contributed by atoms with Gasteiger partial charge in [0.05, 0.1) is 11.4 Å². The fraction of sp³-hybridized carbons (Fsp3) is 0.450. The average molecular weight is 385 g/mol. The quantitative estimate of drug-likeness (QED) is 0.720. The maximum absolute atomic E-state index is 14.1. The number of rotatable bonds is 4. The number of nitrogens with one attached hydrogen (secondary N) is 2. The zero-order valence-corrected chi connectivity index (χ0v) is 16.3. The van der Waals surface area contributed by atoms with Crippen LogP contribution in [-0.4, -0.2) is 25.2 Å². The molecule has 0 aliphatic carbocycles. The van der Waals surface area contributed by atoms with Crippen molar-refractivity contribution in [1.82, 2.24) is 24.6 Å². The summed E-state index contributed by atoms with van der Waals surface area (Å²) >= 11 is 0. The van der Waals surface area contributed by atoms with Crippen LogP contribution >= 0.6 is 0 Å². The Bertz CT molecular complexity index is 1120.